The highest BCUT2D eigenvalue weighted by molar-refractivity contribution is 5.78. The topological polar surface area (TPSA) is 74.5 Å². The van der Waals surface area contributed by atoms with Gasteiger partial charge in [0, 0.05) is 39.1 Å². The molecule has 25 heavy (non-hydrogen) atoms. The number of carbonyl (C=O) groups is 1. The van der Waals surface area contributed by atoms with Gasteiger partial charge in [-0.05, 0) is 38.3 Å². The van der Waals surface area contributed by atoms with E-state index in [0.29, 0.717) is 24.3 Å². The maximum atomic E-state index is 12.2. The second-order valence-corrected chi connectivity index (χ2v) is 7.08. The molecule has 3 heterocycles. The first-order chi connectivity index (χ1) is 12.1. The summed E-state index contributed by atoms with van der Waals surface area (Å²) in [6.07, 6.45) is 6.82. The van der Waals surface area contributed by atoms with E-state index in [4.69, 9.17) is 4.52 Å². The molecule has 1 fully saturated rings. The van der Waals surface area contributed by atoms with Crippen molar-refractivity contribution in [2.24, 2.45) is 0 Å². The van der Waals surface area contributed by atoms with Crippen LogP contribution in [0, 0.1) is 6.92 Å². The molecule has 0 spiro atoms. The van der Waals surface area contributed by atoms with Gasteiger partial charge < -0.3 is 9.84 Å². The van der Waals surface area contributed by atoms with Gasteiger partial charge in [-0.25, -0.2) is 0 Å². The maximum Gasteiger partial charge on any atom is 0.234 e. The quantitative estimate of drug-likeness (QED) is 0.840. The van der Waals surface area contributed by atoms with Crippen LogP contribution in [0.4, 0.5) is 0 Å². The standard InChI is InChI=1S/C18H29N5O2/c1-14-5-3-4-9-23(14)12-8-19-17(24)13-22-10-6-16(7-11-22)18-20-15(2)25-21-18/h6,14H,3-5,7-13H2,1-2H3,(H,19,24)/t14-/m1/s1. The number of hydrogen-bond donors (Lipinski definition) is 1. The van der Waals surface area contributed by atoms with Gasteiger partial charge in [0.25, 0.3) is 0 Å². The summed E-state index contributed by atoms with van der Waals surface area (Å²) < 4.78 is 5.03. The zero-order chi connectivity index (χ0) is 17.6. The normalized spacial score (nSPS) is 22.6. The van der Waals surface area contributed by atoms with Crippen LogP contribution in [0.25, 0.3) is 5.57 Å². The van der Waals surface area contributed by atoms with Gasteiger partial charge in [0.15, 0.2) is 5.82 Å². The Balaban J connectivity index is 1.37. The zero-order valence-corrected chi connectivity index (χ0v) is 15.3. The fourth-order valence-electron chi connectivity index (χ4n) is 3.58. The van der Waals surface area contributed by atoms with E-state index in [0.717, 1.165) is 44.7 Å². The number of rotatable bonds is 6. The van der Waals surface area contributed by atoms with Crippen molar-refractivity contribution in [3.8, 4) is 0 Å². The van der Waals surface area contributed by atoms with Crippen molar-refractivity contribution in [3.05, 3.63) is 17.8 Å². The molecule has 0 bridgehead atoms. The average molecular weight is 347 g/mol. The van der Waals surface area contributed by atoms with Crippen molar-refractivity contribution < 1.29 is 9.32 Å². The first kappa shape index (κ1) is 18.1. The lowest BCUT2D eigenvalue weighted by molar-refractivity contribution is -0.122. The molecule has 7 nitrogen and oxygen atoms in total. The van der Waals surface area contributed by atoms with Crippen LogP contribution < -0.4 is 5.32 Å². The van der Waals surface area contributed by atoms with Crippen LogP contribution in [-0.4, -0.2) is 71.2 Å². The smallest absolute Gasteiger partial charge is 0.234 e. The van der Waals surface area contributed by atoms with Gasteiger partial charge >= 0.3 is 0 Å². The highest BCUT2D eigenvalue weighted by Gasteiger charge is 2.20. The Bertz CT molecular complexity index is 612. The molecule has 138 valence electrons. The number of aromatic nitrogens is 2. The van der Waals surface area contributed by atoms with E-state index in [9.17, 15) is 4.79 Å². The summed E-state index contributed by atoms with van der Waals surface area (Å²) in [5.41, 5.74) is 1.10. The van der Waals surface area contributed by atoms with Crippen LogP contribution in [0.1, 0.15) is 44.3 Å². The van der Waals surface area contributed by atoms with Gasteiger partial charge in [-0.2, -0.15) is 4.98 Å². The first-order valence-corrected chi connectivity index (χ1v) is 9.34. The molecule has 7 heteroatoms. The van der Waals surface area contributed by atoms with Crippen LogP contribution in [0.2, 0.25) is 0 Å². The van der Waals surface area contributed by atoms with E-state index in [-0.39, 0.29) is 5.91 Å². The second kappa shape index (κ2) is 8.58. The molecule has 2 aliphatic heterocycles. The molecule has 1 saturated heterocycles. The molecule has 1 amide bonds. The van der Waals surface area contributed by atoms with E-state index in [1.807, 2.05) is 0 Å². The van der Waals surface area contributed by atoms with Gasteiger partial charge in [0.1, 0.15) is 0 Å². The largest absolute Gasteiger partial charge is 0.354 e. The summed E-state index contributed by atoms with van der Waals surface area (Å²) in [5, 5.41) is 7.02. The van der Waals surface area contributed by atoms with Gasteiger partial charge in [-0.15, -0.1) is 0 Å². The molecule has 0 unspecified atom stereocenters. The Hall–Kier alpha value is -1.73. The zero-order valence-electron chi connectivity index (χ0n) is 15.3. The number of carbonyl (C=O) groups excluding carboxylic acids is 1. The molecular formula is C18H29N5O2. The number of aryl methyl sites for hydroxylation is 1. The van der Waals surface area contributed by atoms with E-state index in [2.05, 4.69) is 38.3 Å². The number of piperidine rings is 1. The molecule has 0 aliphatic carbocycles. The Morgan fingerprint density at radius 2 is 2.28 bits per heavy atom. The summed E-state index contributed by atoms with van der Waals surface area (Å²) in [4.78, 5) is 21.0. The Kier molecular flexibility index (Phi) is 6.20. The molecule has 1 atom stereocenters. The molecule has 3 rings (SSSR count). The molecule has 1 aromatic rings. The van der Waals surface area contributed by atoms with Crippen molar-refractivity contribution in [2.45, 2.75) is 45.6 Å². The minimum absolute atomic E-state index is 0.108. The Morgan fingerprint density at radius 3 is 2.96 bits per heavy atom. The minimum atomic E-state index is 0.108. The average Bonchev–Trinajstić information content (AvgIpc) is 3.04. The molecule has 0 radical (unpaired) electrons. The molecule has 1 aromatic heterocycles. The summed E-state index contributed by atoms with van der Waals surface area (Å²) in [5.74, 6) is 1.37. The summed E-state index contributed by atoms with van der Waals surface area (Å²) in [6.45, 7) is 8.96. The van der Waals surface area contributed by atoms with Gasteiger partial charge in [-0.3, -0.25) is 14.6 Å². The highest BCUT2D eigenvalue weighted by atomic mass is 16.5. The molecule has 0 aromatic carbocycles. The van der Waals surface area contributed by atoms with Crippen molar-refractivity contribution in [1.29, 1.82) is 0 Å². The van der Waals surface area contributed by atoms with E-state index < -0.39 is 0 Å². The lowest BCUT2D eigenvalue weighted by Crippen LogP contribution is -2.44. The lowest BCUT2D eigenvalue weighted by atomic mass is 10.0. The summed E-state index contributed by atoms with van der Waals surface area (Å²) in [6, 6.07) is 0.644. The van der Waals surface area contributed by atoms with Crippen LogP contribution in [0.3, 0.4) is 0 Å². The fourth-order valence-corrected chi connectivity index (χ4v) is 3.58. The summed E-state index contributed by atoms with van der Waals surface area (Å²) in [7, 11) is 0. The van der Waals surface area contributed by atoms with Crippen molar-refractivity contribution >= 4 is 11.5 Å². The number of amides is 1. The van der Waals surface area contributed by atoms with Crippen LogP contribution in [-0.2, 0) is 4.79 Å². The number of hydrogen-bond acceptors (Lipinski definition) is 6. The SMILES string of the molecule is Cc1nc(C2=CCN(CC(=O)NCCN3CCCC[C@H]3C)CC2)no1. The van der Waals surface area contributed by atoms with Gasteiger partial charge in [0.05, 0.1) is 6.54 Å². The third kappa shape index (κ3) is 5.12. The first-order valence-electron chi connectivity index (χ1n) is 9.34. The third-order valence-electron chi connectivity index (χ3n) is 5.14. The Morgan fingerprint density at radius 1 is 1.40 bits per heavy atom. The monoisotopic (exact) mass is 347 g/mol. The van der Waals surface area contributed by atoms with Gasteiger partial charge in [-0.1, -0.05) is 17.7 Å². The highest BCUT2D eigenvalue weighted by Crippen LogP contribution is 2.19. The number of nitrogens with zero attached hydrogens (tertiary/aromatic N) is 4. The second-order valence-electron chi connectivity index (χ2n) is 7.08. The maximum absolute atomic E-state index is 12.2. The predicted molar refractivity (Wildman–Crippen MR) is 96.0 cm³/mol. The fraction of sp³-hybridized carbons (Fsp3) is 0.722. The van der Waals surface area contributed by atoms with Gasteiger partial charge in [0.2, 0.25) is 11.8 Å². The van der Waals surface area contributed by atoms with E-state index in [1.54, 1.807) is 6.92 Å². The Labute approximate surface area is 149 Å². The number of nitrogens with one attached hydrogen (secondary N) is 1. The van der Waals surface area contributed by atoms with Crippen molar-refractivity contribution in [2.75, 3.05) is 39.3 Å². The van der Waals surface area contributed by atoms with Crippen molar-refractivity contribution in [1.82, 2.24) is 25.3 Å². The van der Waals surface area contributed by atoms with E-state index in [1.165, 1.54) is 19.3 Å². The summed E-state index contributed by atoms with van der Waals surface area (Å²) >= 11 is 0. The molecule has 0 saturated carbocycles. The molecule has 1 N–H and O–H groups in total. The lowest BCUT2D eigenvalue weighted by Gasteiger charge is -2.33. The molecular weight excluding hydrogens is 318 g/mol. The van der Waals surface area contributed by atoms with Crippen LogP contribution in [0.5, 0.6) is 0 Å². The minimum Gasteiger partial charge on any atom is -0.354 e. The predicted octanol–water partition coefficient (Wildman–Crippen LogP) is 1.46. The molecule has 2 aliphatic rings. The van der Waals surface area contributed by atoms with Crippen LogP contribution in [0.15, 0.2) is 10.6 Å². The number of likely N-dealkylation sites (tertiary alicyclic amines) is 1. The van der Waals surface area contributed by atoms with E-state index >= 15 is 0 Å². The van der Waals surface area contributed by atoms with Crippen molar-refractivity contribution in [3.63, 3.8) is 0 Å². The third-order valence-corrected chi connectivity index (χ3v) is 5.14. The van der Waals surface area contributed by atoms with Crippen LogP contribution >= 0.6 is 0 Å².